The monoisotopic (exact) mass is 294 g/mol. The van der Waals surface area contributed by atoms with Gasteiger partial charge in [0, 0.05) is 43.6 Å². The predicted octanol–water partition coefficient (Wildman–Crippen LogP) is 2.08. The van der Waals surface area contributed by atoms with Crippen molar-refractivity contribution in [1.29, 1.82) is 0 Å². The van der Waals surface area contributed by atoms with Crippen molar-refractivity contribution in [2.75, 3.05) is 19.8 Å². The van der Waals surface area contributed by atoms with Crippen LogP contribution in [-0.2, 0) is 0 Å². The molecule has 1 aromatic rings. The van der Waals surface area contributed by atoms with Gasteiger partial charge >= 0.3 is 0 Å². The van der Waals surface area contributed by atoms with Crippen molar-refractivity contribution in [3.05, 3.63) is 34.9 Å². The minimum atomic E-state index is -0.140. The first kappa shape index (κ1) is 17.8. The molecule has 118 valence electrons. The fraction of sp³-hybridized carbons (Fsp3) is 0.588. The standard InChI is InChI=1S/C17H26O4/c1-11(8-18)6-17(21)15-5-4-14(12(2)9-19)7-16(15)13(3)10-20/h4-5,7,11-13,18-20H,6,8-10H2,1-3H3. The van der Waals surface area contributed by atoms with Crippen molar-refractivity contribution in [3.8, 4) is 0 Å². The molecule has 4 heteroatoms. The lowest BCUT2D eigenvalue weighted by molar-refractivity contribution is 0.0941. The Morgan fingerprint density at radius 2 is 1.62 bits per heavy atom. The van der Waals surface area contributed by atoms with E-state index in [0.29, 0.717) is 5.56 Å². The molecular formula is C17H26O4. The molecule has 4 nitrogen and oxygen atoms in total. The molecule has 3 unspecified atom stereocenters. The molecule has 0 aliphatic rings. The Balaban J connectivity index is 3.15. The maximum Gasteiger partial charge on any atom is 0.163 e. The number of ketones is 1. The lowest BCUT2D eigenvalue weighted by atomic mass is 9.87. The molecule has 21 heavy (non-hydrogen) atoms. The van der Waals surface area contributed by atoms with Crippen molar-refractivity contribution >= 4 is 5.78 Å². The topological polar surface area (TPSA) is 77.8 Å². The third kappa shape index (κ3) is 4.63. The highest BCUT2D eigenvalue weighted by atomic mass is 16.3. The van der Waals surface area contributed by atoms with E-state index >= 15 is 0 Å². The van der Waals surface area contributed by atoms with E-state index in [9.17, 15) is 15.0 Å². The molecule has 3 N–H and O–H groups in total. The number of Topliss-reactive ketones (excluding diaryl/α,β-unsaturated/α-hetero) is 1. The summed E-state index contributed by atoms with van der Waals surface area (Å²) >= 11 is 0. The van der Waals surface area contributed by atoms with E-state index in [0.717, 1.165) is 11.1 Å². The number of carbonyl (C=O) groups excluding carboxylic acids is 1. The average Bonchev–Trinajstić information content (AvgIpc) is 2.52. The summed E-state index contributed by atoms with van der Waals surface area (Å²) in [7, 11) is 0. The fourth-order valence-corrected chi connectivity index (χ4v) is 2.24. The van der Waals surface area contributed by atoms with Crippen LogP contribution in [0.3, 0.4) is 0 Å². The van der Waals surface area contributed by atoms with Crippen LogP contribution in [0.15, 0.2) is 18.2 Å². The lowest BCUT2D eigenvalue weighted by Gasteiger charge is -2.18. The normalized spacial score (nSPS) is 15.5. The van der Waals surface area contributed by atoms with Crippen molar-refractivity contribution < 1.29 is 20.1 Å². The van der Waals surface area contributed by atoms with Gasteiger partial charge in [-0.2, -0.15) is 0 Å². The predicted molar refractivity (Wildman–Crippen MR) is 82.6 cm³/mol. The largest absolute Gasteiger partial charge is 0.396 e. The van der Waals surface area contributed by atoms with Gasteiger partial charge in [-0.1, -0.05) is 39.0 Å². The van der Waals surface area contributed by atoms with Crippen molar-refractivity contribution in [3.63, 3.8) is 0 Å². The van der Waals surface area contributed by atoms with Gasteiger partial charge in [-0.3, -0.25) is 4.79 Å². The van der Waals surface area contributed by atoms with E-state index in [1.807, 2.05) is 32.9 Å². The number of rotatable bonds is 8. The molecule has 0 saturated heterocycles. The summed E-state index contributed by atoms with van der Waals surface area (Å²) in [5.41, 5.74) is 2.37. The molecule has 0 aliphatic carbocycles. The Morgan fingerprint density at radius 1 is 1.00 bits per heavy atom. The van der Waals surface area contributed by atoms with Gasteiger partial charge in [0.25, 0.3) is 0 Å². The first-order chi connectivity index (χ1) is 9.94. The summed E-state index contributed by atoms with van der Waals surface area (Å²) in [6.07, 6.45) is 0.288. The first-order valence-corrected chi connectivity index (χ1v) is 7.44. The molecule has 0 saturated carbocycles. The molecule has 0 spiro atoms. The van der Waals surface area contributed by atoms with E-state index in [4.69, 9.17) is 5.11 Å². The van der Waals surface area contributed by atoms with Gasteiger partial charge < -0.3 is 15.3 Å². The molecule has 0 fully saturated rings. The molecule has 0 aliphatic heterocycles. The molecule has 0 aromatic heterocycles. The van der Waals surface area contributed by atoms with E-state index in [-0.39, 0.29) is 49.8 Å². The maximum absolute atomic E-state index is 12.4. The smallest absolute Gasteiger partial charge is 0.163 e. The molecule has 0 radical (unpaired) electrons. The zero-order valence-electron chi connectivity index (χ0n) is 13.0. The van der Waals surface area contributed by atoms with Gasteiger partial charge in [-0.05, 0) is 17.0 Å². The quantitative estimate of drug-likeness (QED) is 0.641. The van der Waals surface area contributed by atoms with Gasteiger partial charge in [0.05, 0.1) is 0 Å². The molecule has 0 bridgehead atoms. The SMILES string of the molecule is CC(CO)CC(=O)c1ccc(C(C)CO)cc1C(C)CO. The Labute approximate surface area is 126 Å². The van der Waals surface area contributed by atoms with Crippen molar-refractivity contribution in [2.45, 2.75) is 39.0 Å². The Bertz CT molecular complexity index is 470. The van der Waals surface area contributed by atoms with Gasteiger partial charge in [0.2, 0.25) is 0 Å². The average molecular weight is 294 g/mol. The van der Waals surface area contributed by atoms with E-state index in [2.05, 4.69) is 0 Å². The summed E-state index contributed by atoms with van der Waals surface area (Å²) < 4.78 is 0. The summed E-state index contributed by atoms with van der Waals surface area (Å²) in [6, 6.07) is 5.53. The molecular weight excluding hydrogens is 268 g/mol. The second-order valence-corrected chi connectivity index (χ2v) is 5.93. The number of hydrogen-bond donors (Lipinski definition) is 3. The number of carbonyl (C=O) groups is 1. The highest BCUT2D eigenvalue weighted by Crippen LogP contribution is 2.26. The molecule has 1 aromatic carbocycles. The van der Waals surface area contributed by atoms with Crippen molar-refractivity contribution in [1.82, 2.24) is 0 Å². The Morgan fingerprint density at radius 3 is 2.14 bits per heavy atom. The Kier molecular flexibility index (Phi) is 7.02. The van der Waals surface area contributed by atoms with Crippen LogP contribution in [-0.4, -0.2) is 40.9 Å². The zero-order chi connectivity index (χ0) is 16.0. The van der Waals surface area contributed by atoms with Gasteiger partial charge in [0.15, 0.2) is 5.78 Å². The zero-order valence-corrected chi connectivity index (χ0v) is 13.0. The second kappa shape index (κ2) is 8.27. The summed E-state index contributed by atoms with van der Waals surface area (Å²) in [5.74, 6) is -0.240. The number of aliphatic hydroxyl groups is 3. The van der Waals surface area contributed by atoms with Crippen molar-refractivity contribution in [2.24, 2.45) is 5.92 Å². The van der Waals surface area contributed by atoms with Crippen LogP contribution in [0.25, 0.3) is 0 Å². The summed E-state index contributed by atoms with van der Waals surface area (Å²) in [4.78, 5) is 12.4. The van der Waals surface area contributed by atoms with Crippen LogP contribution in [0.4, 0.5) is 0 Å². The van der Waals surface area contributed by atoms with Crippen LogP contribution in [0, 0.1) is 5.92 Å². The highest BCUT2D eigenvalue weighted by Gasteiger charge is 2.19. The summed E-state index contributed by atoms with van der Waals surface area (Å²) in [5, 5.41) is 27.8. The number of aliphatic hydroxyl groups excluding tert-OH is 3. The summed E-state index contributed by atoms with van der Waals surface area (Å²) in [6.45, 7) is 5.60. The van der Waals surface area contributed by atoms with E-state index in [1.54, 1.807) is 6.07 Å². The van der Waals surface area contributed by atoms with E-state index in [1.165, 1.54) is 0 Å². The fourth-order valence-electron chi connectivity index (χ4n) is 2.24. The number of hydrogen-bond acceptors (Lipinski definition) is 4. The van der Waals surface area contributed by atoms with Gasteiger partial charge in [-0.15, -0.1) is 0 Å². The number of benzene rings is 1. The van der Waals surface area contributed by atoms with Gasteiger partial charge in [-0.25, -0.2) is 0 Å². The van der Waals surface area contributed by atoms with Crippen LogP contribution in [0.5, 0.6) is 0 Å². The third-order valence-corrected chi connectivity index (χ3v) is 3.87. The van der Waals surface area contributed by atoms with Crippen LogP contribution in [0.1, 0.15) is 60.5 Å². The maximum atomic E-state index is 12.4. The van der Waals surface area contributed by atoms with Crippen LogP contribution in [0.2, 0.25) is 0 Å². The van der Waals surface area contributed by atoms with Gasteiger partial charge in [0.1, 0.15) is 0 Å². The van der Waals surface area contributed by atoms with E-state index < -0.39 is 0 Å². The minimum Gasteiger partial charge on any atom is -0.396 e. The highest BCUT2D eigenvalue weighted by molar-refractivity contribution is 5.97. The minimum absolute atomic E-state index is 0.00448. The second-order valence-electron chi connectivity index (χ2n) is 5.93. The third-order valence-electron chi connectivity index (χ3n) is 3.87. The molecule has 0 amide bonds. The molecule has 0 heterocycles. The van der Waals surface area contributed by atoms with Crippen LogP contribution >= 0.6 is 0 Å². The first-order valence-electron chi connectivity index (χ1n) is 7.44. The van der Waals surface area contributed by atoms with Crippen LogP contribution < -0.4 is 0 Å². The Hall–Kier alpha value is -1.23. The molecule has 3 atom stereocenters. The molecule has 1 rings (SSSR count). The lowest BCUT2D eigenvalue weighted by Crippen LogP contribution is -2.14.